The highest BCUT2D eigenvalue weighted by atomic mass is 35.5. The van der Waals surface area contributed by atoms with Gasteiger partial charge < -0.3 is 4.74 Å². The van der Waals surface area contributed by atoms with E-state index >= 15 is 0 Å². The lowest BCUT2D eigenvalue weighted by atomic mass is 10.1. The Balaban J connectivity index is 2.27. The summed E-state index contributed by atoms with van der Waals surface area (Å²) in [5.74, 6) is -0.393. The predicted octanol–water partition coefficient (Wildman–Crippen LogP) is 4.00. The minimum atomic E-state index is -0.366. The Labute approximate surface area is 120 Å². The number of carbonyl (C=O) groups excluding carboxylic acids is 2. The number of aryl methyl sites for hydroxylation is 1. The molecule has 19 heavy (non-hydrogen) atoms. The maximum atomic E-state index is 12.1. The van der Waals surface area contributed by atoms with Crippen molar-refractivity contribution in [1.29, 1.82) is 0 Å². The van der Waals surface area contributed by atoms with Crippen molar-refractivity contribution in [3.05, 3.63) is 33.7 Å². The number of hydrogen-bond acceptors (Lipinski definition) is 4. The molecular weight excluding hydrogens is 284 g/mol. The molecule has 3 nitrogen and oxygen atoms in total. The van der Waals surface area contributed by atoms with E-state index in [1.807, 2.05) is 25.1 Å². The fourth-order valence-corrected chi connectivity index (χ4v) is 3.22. The summed E-state index contributed by atoms with van der Waals surface area (Å²) < 4.78 is 5.57. The molecule has 0 N–H and O–H groups in total. The molecule has 0 saturated heterocycles. The number of thiophene rings is 1. The molecule has 1 aromatic carbocycles. The van der Waals surface area contributed by atoms with E-state index in [0.29, 0.717) is 9.90 Å². The predicted molar refractivity (Wildman–Crippen MR) is 77.2 cm³/mol. The van der Waals surface area contributed by atoms with Gasteiger partial charge in [0.2, 0.25) is 0 Å². The summed E-state index contributed by atoms with van der Waals surface area (Å²) >= 11 is 7.40. The number of halogens is 1. The molecule has 0 unspecified atom stereocenters. The second kappa shape index (κ2) is 5.72. The van der Waals surface area contributed by atoms with E-state index in [0.717, 1.165) is 15.6 Å². The molecule has 0 aliphatic heterocycles. The van der Waals surface area contributed by atoms with Crippen molar-refractivity contribution in [3.63, 3.8) is 0 Å². The highest BCUT2D eigenvalue weighted by Crippen LogP contribution is 2.33. The van der Waals surface area contributed by atoms with E-state index in [1.165, 1.54) is 18.4 Å². The summed E-state index contributed by atoms with van der Waals surface area (Å²) in [7, 11) is 1.32. The number of methoxy groups -OCH3 is 1. The van der Waals surface area contributed by atoms with Gasteiger partial charge in [0.1, 0.15) is 0 Å². The van der Waals surface area contributed by atoms with Gasteiger partial charge >= 0.3 is 5.97 Å². The van der Waals surface area contributed by atoms with Crippen molar-refractivity contribution in [2.75, 3.05) is 7.11 Å². The minimum Gasteiger partial charge on any atom is -0.469 e. The van der Waals surface area contributed by atoms with Gasteiger partial charge in [0.15, 0.2) is 5.78 Å². The van der Waals surface area contributed by atoms with Crippen LogP contribution in [0.1, 0.15) is 28.1 Å². The first-order valence-corrected chi connectivity index (χ1v) is 7.01. The molecule has 2 rings (SSSR count). The summed E-state index contributed by atoms with van der Waals surface area (Å²) in [5, 5.41) is 1.65. The van der Waals surface area contributed by atoms with Crippen LogP contribution < -0.4 is 0 Å². The first kappa shape index (κ1) is 14.0. The molecule has 0 spiro atoms. The number of carbonyl (C=O) groups is 2. The van der Waals surface area contributed by atoms with Crippen LogP contribution in [0.4, 0.5) is 0 Å². The third-order valence-electron chi connectivity index (χ3n) is 2.94. The van der Waals surface area contributed by atoms with Crippen LogP contribution in [0.3, 0.4) is 0 Å². The Kier molecular flexibility index (Phi) is 4.22. The van der Waals surface area contributed by atoms with Gasteiger partial charge in [-0.15, -0.1) is 11.3 Å². The Bertz CT molecular complexity index is 645. The third kappa shape index (κ3) is 2.96. The first-order chi connectivity index (χ1) is 9.02. The molecule has 0 saturated carbocycles. The lowest BCUT2D eigenvalue weighted by molar-refractivity contribution is -0.140. The molecule has 1 aromatic heterocycles. The van der Waals surface area contributed by atoms with Crippen molar-refractivity contribution < 1.29 is 14.3 Å². The SMILES string of the molecule is COC(=O)CCC(=O)c1sc2ccc(Cl)cc2c1C. The lowest BCUT2D eigenvalue weighted by Gasteiger charge is -1.99. The second-order valence-electron chi connectivity index (χ2n) is 4.20. The summed E-state index contributed by atoms with van der Waals surface area (Å²) in [6.07, 6.45) is 0.290. The van der Waals surface area contributed by atoms with Gasteiger partial charge in [-0.1, -0.05) is 11.6 Å². The quantitative estimate of drug-likeness (QED) is 0.633. The molecule has 0 aliphatic carbocycles. The number of ketones is 1. The van der Waals surface area contributed by atoms with Gasteiger partial charge in [-0.2, -0.15) is 0 Å². The smallest absolute Gasteiger partial charge is 0.305 e. The van der Waals surface area contributed by atoms with E-state index in [9.17, 15) is 9.59 Å². The standard InChI is InChI=1S/C14H13ClO3S/c1-8-10-7-9(15)3-5-12(10)19-14(8)11(16)4-6-13(17)18-2/h3,5,7H,4,6H2,1-2H3. The number of esters is 1. The fourth-order valence-electron chi connectivity index (χ4n) is 1.89. The van der Waals surface area contributed by atoms with Gasteiger partial charge in [-0.3, -0.25) is 9.59 Å². The van der Waals surface area contributed by atoms with Gasteiger partial charge in [-0.25, -0.2) is 0 Å². The van der Waals surface area contributed by atoms with Gasteiger partial charge in [0.05, 0.1) is 18.4 Å². The number of rotatable bonds is 4. The van der Waals surface area contributed by atoms with Crippen molar-refractivity contribution in [1.82, 2.24) is 0 Å². The normalized spacial score (nSPS) is 10.7. The molecule has 0 amide bonds. The molecule has 1 heterocycles. The molecule has 0 atom stereocenters. The number of fused-ring (bicyclic) bond motifs is 1. The Morgan fingerprint density at radius 2 is 2.05 bits per heavy atom. The molecule has 100 valence electrons. The van der Waals surface area contributed by atoms with E-state index in [2.05, 4.69) is 4.74 Å². The van der Waals surface area contributed by atoms with Crippen molar-refractivity contribution in [3.8, 4) is 0 Å². The zero-order chi connectivity index (χ0) is 14.0. The zero-order valence-electron chi connectivity index (χ0n) is 10.7. The molecule has 0 radical (unpaired) electrons. The fraction of sp³-hybridized carbons (Fsp3) is 0.286. The summed E-state index contributed by atoms with van der Waals surface area (Å²) in [6.45, 7) is 1.90. The van der Waals surface area contributed by atoms with E-state index in [-0.39, 0.29) is 24.6 Å². The number of Topliss-reactive ketones (excluding diaryl/α,β-unsaturated/α-hetero) is 1. The summed E-state index contributed by atoms with van der Waals surface area (Å²) in [4.78, 5) is 23.9. The van der Waals surface area contributed by atoms with Crippen molar-refractivity contribution >= 4 is 44.8 Å². The number of ether oxygens (including phenoxy) is 1. The third-order valence-corrected chi connectivity index (χ3v) is 4.48. The van der Waals surface area contributed by atoms with Crippen LogP contribution in [0.25, 0.3) is 10.1 Å². The van der Waals surface area contributed by atoms with Crippen molar-refractivity contribution in [2.45, 2.75) is 19.8 Å². The zero-order valence-corrected chi connectivity index (χ0v) is 12.2. The highest BCUT2D eigenvalue weighted by molar-refractivity contribution is 7.21. The van der Waals surface area contributed by atoms with Crippen LogP contribution in [0, 0.1) is 6.92 Å². The topological polar surface area (TPSA) is 43.4 Å². The summed E-state index contributed by atoms with van der Waals surface area (Å²) in [5.41, 5.74) is 0.928. The minimum absolute atomic E-state index is 0.0276. The van der Waals surface area contributed by atoms with Crippen LogP contribution in [0.5, 0.6) is 0 Å². The molecule has 5 heteroatoms. The highest BCUT2D eigenvalue weighted by Gasteiger charge is 2.16. The molecule has 2 aromatic rings. The van der Waals surface area contributed by atoms with Crippen LogP contribution >= 0.6 is 22.9 Å². The Morgan fingerprint density at radius 1 is 1.32 bits per heavy atom. The van der Waals surface area contributed by atoms with Gasteiger partial charge in [-0.05, 0) is 36.1 Å². The maximum Gasteiger partial charge on any atom is 0.305 e. The van der Waals surface area contributed by atoms with E-state index < -0.39 is 0 Å². The van der Waals surface area contributed by atoms with Crippen LogP contribution in [0.2, 0.25) is 5.02 Å². The maximum absolute atomic E-state index is 12.1. The van der Waals surface area contributed by atoms with Gasteiger partial charge in [0.25, 0.3) is 0 Å². The first-order valence-electron chi connectivity index (χ1n) is 5.81. The number of benzene rings is 1. The largest absolute Gasteiger partial charge is 0.469 e. The van der Waals surface area contributed by atoms with Crippen LogP contribution in [0.15, 0.2) is 18.2 Å². The molecular formula is C14H13ClO3S. The van der Waals surface area contributed by atoms with E-state index in [1.54, 1.807) is 0 Å². The lowest BCUT2D eigenvalue weighted by Crippen LogP contribution is -2.05. The molecule has 0 fully saturated rings. The Morgan fingerprint density at radius 3 is 2.74 bits per heavy atom. The molecule has 0 bridgehead atoms. The van der Waals surface area contributed by atoms with Crippen molar-refractivity contribution in [2.24, 2.45) is 0 Å². The Hall–Kier alpha value is -1.39. The summed E-state index contributed by atoms with van der Waals surface area (Å²) in [6, 6.07) is 5.58. The van der Waals surface area contributed by atoms with Crippen LogP contribution in [-0.2, 0) is 9.53 Å². The van der Waals surface area contributed by atoms with E-state index in [4.69, 9.17) is 11.6 Å². The second-order valence-corrected chi connectivity index (χ2v) is 5.68. The average molecular weight is 297 g/mol. The number of hydrogen-bond donors (Lipinski definition) is 0. The molecule has 0 aliphatic rings. The average Bonchev–Trinajstić information content (AvgIpc) is 2.73. The van der Waals surface area contributed by atoms with Crippen LogP contribution in [-0.4, -0.2) is 18.9 Å². The monoisotopic (exact) mass is 296 g/mol. The van der Waals surface area contributed by atoms with Gasteiger partial charge in [0, 0.05) is 16.1 Å².